The number of benzene rings is 1. The molecule has 5 heteroatoms. The molecule has 0 saturated carbocycles. The van der Waals surface area contributed by atoms with Crippen LogP contribution >= 0.6 is 0 Å². The number of hydrogen-bond donors (Lipinski definition) is 2. The number of rotatable bonds is 3. The van der Waals surface area contributed by atoms with Crippen molar-refractivity contribution in [2.24, 2.45) is 0 Å². The van der Waals surface area contributed by atoms with Gasteiger partial charge >= 0.3 is 0 Å². The smallest absolute Gasteiger partial charge is 0.107 e. The van der Waals surface area contributed by atoms with Crippen molar-refractivity contribution < 1.29 is 9.84 Å². The van der Waals surface area contributed by atoms with Crippen LogP contribution in [0.3, 0.4) is 0 Å². The van der Waals surface area contributed by atoms with Gasteiger partial charge in [-0.05, 0) is 6.07 Å². The van der Waals surface area contributed by atoms with Gasteiger partial charge in [-0.3, -0.25) is 0 Å². The van der Waals surface area contributed by atoms with Crippen LogP contribution in [0.25, 0.3) is 10.9 Å². The number of ether oxygens (including phenoxy) is 1. The van der Waals surface area contributed by atoms with Crippen LogP contribution in [0.4, 0.5) is 5.69 Å². The van der Waals surface area contributed by atoms with E-state index in [1.54, 1.807) is 6.20 Å². The summed E-state index contributed by atoms with van der Waals surface area (Å²) >= 11 is 0. The zero-order valence-corrected chi connectivity index (χ0v) is 9.97. The molecular formula is C13H15N3O2. The predicted octanol–water partition coefficient (Wildman–Crippen LogP) is 1.19. The minimum absolute atomic E-state index is 0.385. The molecule has 3 rings (SSSR count). The number of aromatic nitrogens is 2. The highest BCUT2D eigenvalue weighted by Gasteiger charge is 2.31. The molecule has 1 aromatic heterocycles. The average Bonchev–Trinajstić information content (AvgIpc) is 2.84. The van der Waals surface area contributed by atoms with E-state index in [2.05, 4.69) is 15.5 Å². The Morgan fingerprint density at radius 3 is 3.11 bits per heavy atom. The van der Waals surface area contributed by atoms with Crippen molar-refractivity contribution >= 4 is 16.6 Å². The summed E-state index contributed by atoms with van der Waals surface area (Å²) in [6.07, 6.45) is 2.35. The Kier molecular flexibility index (Phi) is 2.85. The second-order valence-electron chi connectivity index (χ2n) is 4.66. The lowest BCUT2D eigenvalue weighted by atomic mass is 10.0. The van der Waals surface area contributed by atoms with Crippen molar-refractivity contribution in [3.63, 3.8) is 0 Å². The second kappa shape index (κ2) is 4.51. The molecule has 5 nitrogen and oxygen atoms in total. The molecule has 18 heavy (non-hydrogen) atoms. The van der Waals surface area contributed by atoms with E-state index in [-0.39, 0.29) is 0 Å². The summed E-state index contributed by atoms with van der Waals surface area (Å²) in [5.74, 6) is 0. The highest BCUT2D eigenvalue weighted by molar-refractivity contribution is 5.90. The van der Waals surface area contributed by atoms with E-state index in [9.17, 15) is 5.11 Å². The monoisotopic (exact) mass is 245 g/mol. The first-order valence-corrected chi connectivity index (χ1v) is 6.01. The van der Waals surface area contributed by atoms with Gasteiger partial charge in [0, 0.05) is 25.0 Å². The Morgan fingerprint density at radius 1 is 1.39 bits per heavy atom. The summed E-state index contributed by atoms with van der Waals surface area (Å²) in [6, 6.07) is 7.80. The molecule has 2 aromatic rings. The van der Waals surface area contributed by atoms with Crippen molar-refractivity contribution in [3.8, 4) is 0 Å². The molecule has 0 spiro atoms. The third kappa shape index (κ3) is 2.14. The fourth-order valence-electron chi connectivity index (χ4n) is 2.14. The van der Waals surface area contributed by atoms with Crippen LogP contribution in [-0.2, 0) is 4.74 Å². The van der Waals surface area contributed by atoms with Crippen molar-refractivity contribution in [2.75, 3.05) is 25.1 Å². The number of nitrogens with one attached hydrogen (secondary N) is 1. The van der Waals surface area contributed by atoms with E-state index in [0.29, 0.717) is 26.2 Å². The molecule has 1 saturated heterocycles. The van der Waals surface area contributed by atoms with E-state index in [1.165, 1.54) is 0 Å². The zero-order valence-electron chi connectivity index (χ0n) is 9.97. The molecule has 2 heterocycles. The van der Waals surface area contributed by atoms with Gasteiger partial charge in [0.05, 0.1) is 24.0 Å². The number of anilines is 1. The van der Waals surface area contributed by atoms with Crippen molar-refractivity contribution in [1.29, 1.82) is 0 Å². The third-order valence-electron chi connectivity index (χ3n) is 3.24. The van der Waals surface area contributed by atoms with E-state index in [4.69, 9.17) is 4.74 Å². The summed E-state index contributed by atoms with van der Waals surface area (Å²) in [5, 5.41) is 22.5. The quantitative estimate of drug-likeness (QED) is 0.850. The maximum Gasteiger partial charge on any atom is 0.107 e. The lowest BCUT2D eigenvalue weighted by Gasteiger charge is -2.21. The molecular weight excluding hydrogens is 230 g/mol. The van der Waals surface area contributed by atoms with Gasteiger partial charge in [0.15, 0.2) is 0 Å². The molecule has 1 fully saturated rings. The molecule has 2 N–H and O–H groups in total. The molecule has 1 aliphatic heterocycles. The molecule has 1 atom stereocenters. The second-order valence-corrected chi connectivity index (χ2v) is 4.66. The highest BCUT2D eigenvalue weighted by Crippen LogP contribution is 2.23. The van der Waals surface area contributed by atoms with E-state index in [1.807, 2.05) is 24.3 Å². The van der Waals surface area contributed by atoms with Crippen molar-refractivity contribution in [3.05, 3.63) is 30.5 Å². The molecule has 0 radical (unpaired) electrons. The molecule has 0 amide bonds. The standard InChI is InChI=1S/C13H15N3O2/c17-13(5-6-18-9-13)8-14-12-7-15-16-11-4-2-1-3-10(11)12/h1-4,7,17H,5-6,8-9H2,(H,14,16). The molecule has 1 aliphatic rings. The van der Waals surface area contributed by atoms with Gasteiger partial charge in [0.1, 0.15) is 5.60 Å². The first-order valence-electron chi connectivity index (χ1n) is 6.01. The van der Waals surface area contributed by atoms with Gasteiger partial charge in [-0.15, -0.1) is 0 Å². The Labute approximate surface area is 105 Å². The zero-order chi connectivity index (χ0) is 12.4. The highest BCUT2D eigenvalue weighted by atomic mass is 16.5. The summed E-state index contributed by atoms with van der Waals surface area (Å²) in [6.45, 7) is 1.46. The van der Waals surface area contributed by atoms with Crippen molar-refractivity contribution in [2.45, 2.75) is 12.0 Å². The summed E-state index contributed by atoms with van der Waals surface area (Å²) in [7, 11) is 0. The van der Waals surface area contributed by atoms with Crippen LogP contribution in [-0.4, -0.2) is 40.7 Å². The van der Waals surface area contributed by atoms with Crippen LogP contribution in [0.15, 0.2) is 30.5 Å². The van der Waals surface area contributed by atoms with Crippen LogP contribution in [0.1, 0.15) is 6.42 Å². The first kappa shape index (κ1) is 11.4. The largest absolute Gasteiger partial charge is 0.386 e. The van der Waals surface area contributed by atoms with Crippen LogP contribution in [0.5, 0.6) is 0 Å². The van der Waals surface area contributed by atoms with Gasteiger partial charge in [-0.1, -0.05) is 18.2 Å². The normalized spacial score (nSPS) is 23.4. The molecule has 0 bridgehead atoms. The number of fused-ring (bicyclic) bond motifs is 1. The van der Waals surface area contributed by atoms with E-state index < -0.39 is 5.60 Å². The number of aliphatic hydroxyl groups is 1. The Hall–Kier alpha value is -1.72. The fourth-order valence-corrected chi connectivity index (χ4v) is 2.14. The number of hydrogen-bond acceptors (Lipinski definition) is 5. The summed E-state index contributed by atoms with van der Waals surface area (Å²) in [5.41, 5.74) is 0.961. The molecule has 0 aliphatic carbocycles. The van der Waals surface area contributed by atoms with Gasteiger partial charge in [-0.2, -0.15) is 10.2 Å². The Balaban J connectivity index is 1.82. The Bertz CT molecular complexity index is 547. The predicted molar refractivity (Wildman–Crippen MR) is 68.4 cm³/mol. The maximum absolute atomic E-state index is 10.2. The first-order chi connectivity index (χ1) is 8.77. The molecule has 94 valence electrons. The minimum atomic E-state index is -0.773. The third-order valence-corrected chi connectivity index (χ3v) is 3.24. The number of nitrogens with zero attached hydrogens (tertiary/aromatic N) is 2. The fraction of sp³-hybridized carbons (Fsp3) is 0.385. The van der Waals surface area contributed by atoms with Crippen LogP contribution < -0.4 is 5.32 Å². The van der Waals surface area contributed by atoms with Crippen LogP contribution in [0, 0.1) is 0 Å². The Morgan fingerprint density at radius 2 is 2.28 bits per heavy atom. The molecule has 1 unspecified atom stereocenters. The minimum Gasteiger partial charge on any atom is -0.386 e. The summed E-state index contributed by atoms with van der Waals surface area (Å²) in [4.78, 5) is 0. The average molecular weight is 245 g/mol. The SMILES string of the molecule is OC1(CNc2cnnc3ccccc23)CCOC1. The molecule has 1 aromatic carbocycles. The summed E-state index contributed by atoms with van der Waals surface area (Å²) < 4.78 is 5.22. The van der Waals surface area contributed by atoms with E-state index in [0.717, 1.165) is 16.6 Å². The van der Waals surface area contributed by atoms with Gasteiger partial charge in [0.25, 0.3) is 0 Å². The lowest BCUT2D eigenvalue weighted by molar-refractivity contribution is 0.0382. The van der Waals surface area contributed by atoms with Gasteiger partial charge < -0.3 is 15.2 Å². The van der Waals surface area contributed by atoms with Gasteiger partial charge in [-0.25, -0.2) is 0 Å². The van der Waals surface area contributed by atoms with Crippen LogP contribution in [0.2, 0.25) is 0 Å². The lowest BCUT2D eigenvalue weighted by Crippen LogP contribution is -2.37. The topological polar surface area (TPSA) is 67.3 Å². The van der Waals surface area contributed by atoms with E-state index >= 15 is 0 Å². The maximum atomic E-state index is 10.2. The van der Waals surface area contributed by atoms with Gasteiger partial charge in [0.2, 0.25) is 0 Å². The van der Waals surface area contributed by atoms with Crippen molar-refractivity contribution in [1.82, 2.24) is 10.2 Å².